The fourth-order valence-corrected chi connectivity index (χ4v) is 2.92. The van der Waals surface area contributed by atoms with Crippen molar-refractivity contribution >= 4 is 28.6 Å². The lowest BCUT2D eigenvalue weighted by Gasteiger charge is -2.09. The van der Waals surface area contributed by atoms with Crippen molar-refractivity contribution < 1.29 is 0 Å². The Morgan fingerprint density at radius 1 is 1.42 bits per heavy atom. The minimum atomic E-state index is 0.704. The van der Waals surface area contributed by atoms with Crippen LogP contribution in [-0.2, 0) is 13.1 Å². The third kappa shape index (κ3) is 4.65. The average molecular weight is 294 g/mol. The molecule has 0 aromatic carbocycles. The molecule has 0 aliphatic rings. The van der Waals surface area contributed by atoms with Crippen LogP contribution in [0.5, 0.6) is 0 Å². The molecule has 102 valence electrons. The summed E-state index contributed by atoms with van der Waals surface area (Å²) in [6.07, 6.45) is 1.90. The van der Waals surface area contributed by atoms with Crippen LogP contribution >= 0.6 is 22.7 Å². The number of hydrogen-bond acceptors (Lipinski definition) is 4. The minimum Gasteiger partial charge on any atom is -0.357 e. The molecule has 0 unspecified atom stereocenters. The van der Waals surface area contributed by atoms with Crippen LogP contribution in [0.2, 0.25) is 0 Å². The molecule has 4 nitrogen and oxygen atoms in total. The van der Waals surface area contributed by atoms with Gasteiger partial charge in [-0.2, -0.15) is 11.3 Å². The van der Waals surface area contributed by atoms with Crippen molar-refractivity contribution in [2.45, 2.75) is 26.9 Å². The van der Waals surface area contributed by atoms with Gasteiger partial charge in [0.05, 0.1) is 13.1 Å². The van der Waals surface area contributed by atoms with Crippen LogP contribution in [0.4, 0.5) is 0 Å². The summed E-state index contributed by atoms with van der Waals surface area (Å²) in [5.74, 6) is 0.835. The van der Waals surface area contributed by atoms with Crippen molar-refractivity contribution in [3.05, 3.63) is 38.5 Å². The number of thiophene rings is 1. The highest BCUT2D eigenvalue weighted by Crippen LogP contribution is 2.10. The number of rotatable bonds is 5. The van der Waals surface area contributed by atoms with E-state index in [1.807, 2.05) is 6.20 Å². The molecule has 0 aliphatic carbocycles. The average Bonchev–Trinajstić information content (AvgIpc) is 3.04. The maximum absolute atomic E-state index is 4.56. The summed E-state index contributed by atoms with van der Waals surface area (Å²) in [4.78, 5) is 10.1. The molecule has 0 saturated heterocycles. The lowest BCUT2D eigenvalue weighted by Crippen LogP contribution is -2.36. The summed E-state index contributed by atoms with van der Waals surface area (Å²) in [7, 11) is 0. The minimum absolute atomic E-state index is 0.704. The zero-order valence-corrected chi connectivity index (χ0v) is 12.8. The van der Waals surface area contributed by atoms with E-state index in [2.05, 4.69) is 51.3 Å². The van der Waals surface area contributed by atoms with Crippen molar-refractivity contribution in [1.29, 1.82) is 0 Å². The van der Waals surface area contributed by atoms with Gasteiger partial charge in [0.25, 0.3) is 0 Å². The Kier molecular flexibility index (Phi) is 5.35. The lowest BCUT2D eigenvalue weighted by molar-refractivity contribution is 0.812. The van der Waals surface area contributed by atoms with Gasteiger partial charge < -0.3 is 10.6 Å². The van der Waals surface area contributed by atoms with Crippen molar-refractivity contribution in [2.75, 3.05) is 6.54 Å². The number of nitrogens with zero attached hydrogens (tertiary/aromatic N) is 2. The van der Waals surface area contributed by atoms with Crippen LogP contribution in [0.15, 0.2) is 28.0 Å². The van der Waals surface area contributed by atoms with E-state index in [0.29, 0.717) is 13.1 Å². The molecule has 0 fully saturated rings. The largest absolute Gasteiger partial charge is 0.357 e. The second-order valence-corrected chi connectivity index (χ2v) is 6.14. The molecule has 6 heteroatoms. The normalized spacial score (nSPS) is 11.6. The lowest BCUT2D eigenvalue weighted by atomic mass is 10.3. The summed E-state index contributed by atoms with van der Waals surface area (Å²) in [5, 5.41) is 11.8. The summed E-state index contributed by atoms with van der Waals surface area (Å²) in [5.41, 5.74) is 1.24. The highest BCUT2D eigenvalue weighted by atomic mass is 32.1. The third-order valence-corrected chi connectivity index (χ3v) is 4.07. The highest BCUT2D eigenvalue weighted by molar-refractivity contribution is 7.11. The molecule has 0 saturated carbocycles. The number of aryl methyl sites for hydroxylation is 1. The fourth-order valence-electron chi connectivity index (χ4n) is 1.54. The van der Waals surface area contributed by atoms with Crippen LogP contribution in [-0.4, -0.2) is 17.5 Å². The molecule has 0 spiro atoms. The van der Waals surface area contributed by atoms with Crippen LogP contribution < -0.4 is 10.6 Å². The van der Waals surface area contributed by atoms with Gasteiger partial charge in [-0.1, -0.05) is 0 Å². The maximum Gasteiger partial charge on any atom is 0.191 e. The molecule has 2 N–H and O–H groups in total. The number of guanidine groups is 1. The predicted molar refractivity (Wildman–Crippen MR) is 82.8 cm³/mol. The van der Waals surface area contributed by atoms with Gasteiger partial charge in [0.2, 0.25) is 0 Å². The smallest absolute Gasteiger partial charge is 0.191 e. The Balaban J connectivity index is 1.89. The topological polar surface area (TPSA) is 49.3 Å². The molecule has 0 bridgehead atoms. The molecule has 2 aromatic rings. The van der Waals surface area contributed by atoms with E-state index in [1.54, 1.807) is 22.7 Å². The van der Waals surface area contributed by atoms with Gasteiger partial charge in [0.1, 0.15) is 5.01 Å². The zero-order valence-electron chi connectivity index (χ0n) is 11.1. The zero-order chi connectivity index (χ0) is 13.5. The van der Waals surface area contributed by atoms with E-state index in [-0.39, 0.29) is 0 Å². The molecular weight excluding hydrogens is 276 g/mol. The number of aromatic nitrogens is 1. The van der Waals surface area contributed by atoms with Crippen LogP contribution in [0, 0.1) is 6.92 Å². The fraction of sp³-hybridized carbons (Fsp3) is 0.385. The van der Waals surface area contributed by atoms with Gasteiger partial charge in [0, 0.05) is 17.6 Å². The van der Waals surface area contributed by atoms with Gasteiger partial charge in [0.15, 0.2) is 5.96 Å². The van der Waals surface area contributed by atoms with Crippen LogP contribution in [0.3, 0.4) is 0 Å². The Bertz CT molecular complexity index is 516. The van der Waals surface area contributed by atoms with Gasteiger partial charge in [-0.3, -0.25) is 0 Å². The summed E-state index contributed by atoms with van der Waals surface area (Å²) < 4.78 is 0. The summed E-state index contributed by atoms with van der Waals surface area (Å²) in [6.45, 7) is 6.41. The van der Waals surface area contributed by atoms with E-state index >= 15 is 0 Å². The van der Waals surface area contributed by atoms with Gasteiger partial charge in [-0.05, 0) is 36.2 Å². The Morgan fingerprint density at radius 2 is 2.32 bits per heavy atom. The first kappa shape index (κ1) is 14.0. The van der Waals surface area contributed by atoms with Crippen LogP contribution in [0.25, 0.3) is 0 Å². The Morgan fingerprint density at radius 3 is 2.95 bits per heavy atom. The second kappa shape index (κ2) is 7.25. The van der Waals surface area contributed by atoms with E-state index in [9.17, 15) is 0 Å². The Labute approximate surface area is 121 Å². The van der Waals surface area contributed by atoms with Gasteiger partial charge in [-0.25, -0.2) is 9.98 Å². The number of hydrogen-bond donors (Lipinski definition) is 2. The predicted octanol–water partition coefficient (Wildman–Crippen LogP) is 2.77. The van der Waals surface area contributed by atoms with Crippen molar-refractivity contribution in [3.63, 3.8) is 0 Å². The highest BCUT2D eigenvalue weighted by Gasteiger charge is 2.01. The standard InChI is InChI=1S/C13H18N4S2/c1-3-14-13(16-7-11-4-5-18-9-11)17-8-12-15-6-10(2)19-12/h4-6,9H,3,7-8H2,1-2H3,(H2,14,16,17). The number of thiazole rings is 1. The SMILES string of the molecule is CCNC(=NCc1ccsc1)NCc1ncc(C)s1. The van der Waals surface area contributed by atoms with Gasteiger partial charge >= 0.3 is 0 Å². The van der Waals surface area contributed by atoms with Crippen molar-refractivity contribution in [3.8, 4) is 0 Å². The second-order valence-electron chi connectivity index (χ2n) is 4.04. The van der Waals surface area contributed by atoms with E-state index in [0.717, 1.165) is 17.5 Å². The Hall–Kier alpha value is -1.40. The molecule has 0 radical (unpaired) electrons. The summed E-state index contributed by atoms with van der Waals surface area (Å²) >= 11 is 3.41. The third-order valence-electron chi connectivity index (χ3n) is 2.42. The van der Waals surface area contributed by atoms with E-state index < -0.39 is 0 Å². The quantitative estimate of drug-likeness (QED) is 0.658. The van der Waals surface area contributed by atoms with E-state index in [4.69, 9.17) is 0 Å². The molecular formula is C13H18N4S2. The monoisotopic (exact) mass is 294 g/mol. The molecule has 0 atom stereocenters. The maximum atomic E-state index is 4.56. The first-order valence-electron chi connectivity index (χ1n) is 6.22. The molecule has 2 rings (SSSR count). The summed E-state index contributed by atoms with van der Waals surface area (Å²) in [6, 6.07) is 2.10. The van der Waals surface area contributed by atoms with Crippen molar-refractivity contribution in [1.82, 2.24) is 15.6 Å². The van der Waals surface area contributed by atoms with Gasteiger partial charge in [-0.15, -0.1) is 11.3 Å². The first-order chi connectivity index (χ1) is 9.28. The molecule has 2 aromatic heterocycles. The number of nitrogens with one attached hydrogen (secondary N) is 2. The van der Waals surface area contributed by atoms with E-state index in [1.165, 1.54) is 10.4 Å². The molecule has 0 amide bonds. The van der Waals surface area contributed by atoms with Crippen molar-refractivity contribution in [2.24, 2.45) is 4.99 Å². The first-order valence-corrected chi connectivity index (χ1v) is 7.98. The number of aliphatic imine (C=N–C) groups is 1. The van der Waals surface area contributed by atoms with Crippen LogP contribution in [0.1, 0.15) is 22.4 Å². The molecule has 2 heterocycles. The molecule has 19 heavy (non-hydrogen) atoms. The molecule has 0 aliphatic heterocycles.